The van der Waals surface area contributed by atoms with E-state index in [1.165, 1.54) is 28.9 Å². The molecule has 1 aromatic heterocycles. The molecule has 0 saturated carbocycles. The van der Waals surface area contributed by atoms with Crippen LogP contribution in [0.2, 0.25) is 0 Å². The van der Waals surface area contributed by atoms with Crippen molar-refractivity contribution in [3.63, 3.8) is 0 Å². The average Bonchev–Trinajstić information content (AvgIpc) is 3.24. The topological polar surface area (TPSA) is 132 Å². The summed E-state index contributed by atoms with van der Waals surface area (Å²) in [6.07, 6.45) is 0. The largest absolute Gasteiger partial charge is 0.497 e. The summed E-state index contributed by atoms with van der Waals surface area (Å²) < 4.78 is 6.49. The van der Waals surface area contributed by atoms with Crippen LogP contribution >= 0.6 is 0 Å². The zero-order chi connectivity index (χ0) is 24.9. The molecule has 0 unspecified atom stereocenters. The number of hydrazone groups is 1. The molecule has 10 heteroatoms. The molecule has 0 saturated heterocycles. The summed E-state index contributed by atoms with van der Waals surface area (Å²) in [6, 6.07) is 21.2. The Kier molecular flexibility index (Phi) is 6.54. The molecule has 0 fully saturated rings. The Bertz CT molecular complexity index is 1450. The second-order valence-corrected chi connectivity index (χ2v) is 7.51. The number of nitro benzene ring substituents is 1. The first-order valence-electron chi connectivity index (χ1n) is 10.5. The van der Waals surface area contributed by atoms with Crippen LogP contribution in [0.5, 0.6) is 5.75 Å². The Hall–Kier alpha value is -4.99. The van der Waals surface area contributed by atoms with Crippen molar-refractivity contribution in [1.29, 1.82) is 0 Å². The smallest absolute Gasteiger partial charge is 0.281 e. The van der Waals surface area contributed by atoms with Crippen molar-refractivity contribution >= 4 is 17.3 Å². The molecule has 0 spiro atoms. The highest BCUT2D eigenvalue weighted by molar-refractivity contribution is 6.04. The molecular formula is C25H21N5O5. The van der Waals surface area contributed by atoms with E-state index in [1.54, 1.807) is 68.6 Å². The molecular weight excluding hydrogens is 450 g/mol. The lowest BCUT2D eigenvalue weighted by atomic mass is 10.1. The Morgan fingerprint density at radius 2 is 1.69 bits per heavy atom. The quantitative estimate of drug-likeness (QED) is 0.240. The number of aromatic nitrogens is 2. The number of methoxy groups -OCH3 is 1. The summed E-state index contributed by atoms with van der Waals surface area (Å²) in [6.45, 7) is 1.61. The first-order valence-corrected chi connectivity index (χ1v) is 10.5. The van der Waals surface area contributed by atoms with Gasteiger partial charge in [-0.1, -0.05) is 18.2 Å². The maximum Gasteiger partial charge on any atom is 0.281 e. The molecule has 1 amide bonds. The van der Waals surface area contributed by atoms with E-state index in [1.807, 2.05) is 0 Å². The van der Waals surface area contributed by atoms with Gasteiger partial charge in [0.25, 0.3) is 17.2 Å². The molecule has 0 atom stereocenters. The van der Waals surface area contributed by atoms with Gasteiger partial charge in [-0.05, 0) is 55.5 Å². The normalized spacial score (nSPS) is 11.2. The van der Waals surface area contributed by atoms with E-state index in [2.05, 4.69) is 15.6 Å². The highest BCUT2D eigenvalue weighted by atomic mass is 16.6. The molecule has 0 radical (unpaired) electrons. The molecule has 0 aliphatic rings. The van der Waals surface area contributed by atoms with Gasteiger partial charge in [0.2, 0.25) is 0 Å². The predicted octanol–water partition coefficient (Wildman–Crippen LogP) is 3.90. The summed E-state index contributed by atoms with van der Waals surface area (Å²) in [4.78, 5) is 36.4. The van der Waals surface area contributed by atoms with E-state index in [-0.39, 0.29) is 17.0 Å². The summed E-state index contributed by atoms with van der Waals surface area (Å²) in [5, 5.41) is 18.2. The van der Waals surface area contributed by atoms with Crippen LogP contribution in [0.4, 0.5) is 5.69 Å². The number of hydrogen-bond acceptors (Lipinski definition) is 6. The Balaban J connectivity index is 1.78. The van der Waals surface area contributed by atoms with E-state index in [0.29, 0.717) is 28.3 Å². The highest BCUT2D eigenvalue weighted by Crippen LogP contribution is 2.24. The van der Waals surface area contributed by atoms with Crippen LogP contribution in [0.15, 0.2) is 88.8 Å². The van der Waals surface area contributed by atoms with Gasteiger partial charge in [-0.25, -0.2) is 10.1 Å². The molecule has 0 bridgehead atoms. The van der Waals surface area contributed by atoms with Crippen LogP contribution in [-0.2, 0) is 0 Å². The van der Waals surface area contributed by atoms with Crippen molar-refractivity contribution in [1.82, 2.24) is 15.2 Å². The molecule has 4 aromatic rings. The number of hydrogen-bond donors (Lipinski definition) is 2. The van der Waals surface area contributed by atoms with Crippen LogP contribution < -0.4 is 15.7 Å². The van der Waals surface area contributed by atoms with Gasteiger partial charge in [0.15, 0.2) is 0 Å². The summed E-state index contributed by atoms with van der Waals surface area (Å²) in [7, 11) is 1.56. The van der Waals surface area contributed by atoms with Gasteiger partial charge >= 0.3 is 0 Å². The van der Waals surface area contributed by atoms with E-state index < -0.39 is 16.4 Å². The lowest BCUT2D eigenvalue weighted by Gasteiger charge is -2.05. The minimum absolute atomic E-state index is 0.0923. The second kappa shape index (κ2) is 9.87. The molecule has 35 heavy (non-hydrogen) atoms. The number of rotatable bonds is 7. The number of nitro groups is 1. The lowest BCUT2D eigenvalue weighted by molar-refractivity contribution is -0.384. The third kappa shape index (κ3) is 4.86. The van der Waals surface area contributed by atoms with Crippen molar-refractivity contribution in [3.05, 3.63) is 110 Å². The monoisotopic (exact) mass is 471 g/mol. The van der Waals surface area contributed by atoms with Crippen LogP contribution in [0.1, 0.15) is 22.8 Å². The van der Waals surface area contributed by atoms with E-state index in [9.17, 15) is 19.7 Å². The van der Waals surface area contributed by atoms with Crippen LogP contribution in [-0.4, -0.2) is 33.4 Å². The van der Waals surface area contributed by atoms with Crippen molar-refractivity contribution < 1.29 is 14.5 Å². The number of non-ortho nitro benzene ring substituents is 1. The number of aromatic amines is 1. The van der Waals surface area contributed by atoms with Crippen molar-refractivity contribution in [2.45, 2.75) is 6.92 Å². The fourth-order valence-electron chi connectivity index (χ4n) is 3.49. The SMILES string of the molecule is COc1ccc(-c2[nH]n(-c3ccc([N+](=O)[O-])cc3)c(=O)c2C(C)=NNC(=O)c2ccccc2)cc1. The van der Waals surface area contributed by atoms with Crippen molar-refractivity contribution in [2.75, 3.05) is 7.11 Å². The number of nitrogens with one attached hydrogen (secondary N) is 2. The van der Waals surface area contributed by atoms with Gasteiger partial charge in [0.1, 0.15) is 5.75 Å². The number of H-pyrrole nitrogens is 1. The molecule has 0 aliphatic heterocycles. The molecule has 3 aromatic carbocycles. The Morgan fingerprint density at radius 1 is 1.03 bits per heavy atom. The van der Waals surface area contributed by atoms with Crippen molar-refractivity contribution in [2.24, 2.45) is 5.10 Å². The Labute approximate surface area is 199 Å². The zero-order valence-corrected chi connectivity index (χ0v) is 18.9. The highest BCUT2D eigenvalue weighted by Gasteiger charge is 2.20. The second-order valence-electron chi connectivity index (χ2n) is 7.51. The summed E-state index contributed by atoms with van der Waals surface area (Å²) in [5.41, 5.74) is 4.46. The lowest BCUT2D eigenvalue weighted by Crippen LogP contribution is -2.23. The van der Waals surface area contributed by atoms with Crippen molar-refractivity contribution in [3.8, 4) is 22.7 Å². The van der Waals surface area contributed by atoms with Gasteiger partial charge in [-0.15, -0.1) is 0 Å². The third-order valence-corrected chi connectivity index (χ3v) is 5.31. The first kappa shape index (κ1) is 23.2. The number of benzene rings is 3. The molecule has 4 rings (SSSR count). The van der Waals surface area contributed by atoms with E-state index >= 15 is 0 Å². The number of carbonyl (C=O) groups is 1. The molecule has 1 heterocycles. The van der Waals surface area contributed by atoms with Gasteiger partial charge < -0.3 is 4.74 Å². The van der Waals surface area contributed by atoms with Crippen LogP contribution in [0.25, 0.3) is 16.9 Å². The maximum atomic E-state index is 13.4. The van der Waals surface area contributed by atoms with Crippen LogP contribution in [0.3, 0.4) is 0 Å². The van der Waals surface area contributed by atoms with E-state index in [0.717, 1.165) is 0 Å². The molecule has 176 valence electrons. The van der Waals surface area contributed by atoms with Gasteiger partial charge in [-0.3, -0.25) is 24.8 Å². The minimum Gasteiger partial charge on any atom is -0.497 e. The maximum absolute atomic E-state index is 13.4. The number of nitrogens with zero attached hydrogens (tertiary/aromatic N) is 3. The van der Waals surface area contributed by atoms with E-state index in [4.69, 9.17) is 4.74 Å². The summed E-state index contributed by atoms with van der Waals surface area (Å²) >= 11 is 0. The summed E-state index contributed by atoms with van der Waals surface area (Å²) in [5.74, 6) is 0.232. The van der Waals surface area contributed by atoms with Gasteiger partial charge in [0, 0.05) is 23.3 Å². The molecule has 2 N–H and O–H groups in total. The average molecular weight is 471 g/mol. The Morgan fingerprint density at radius 3 is 2.29 bits per heavy atom. The standard InChI is InChI=1S/C25H21N5O5/c1-16(26-27-24(31)18-6-4-3-5-7-18)22-23(17-8-14-21(35-2)15-9-17)28-29(25(22)32)19-10-12-20(13-11-19)30(33)34/h3-15,28H,1-2H3,(H,27,31). The number of ether oxygens (including phenoxy) is 1. The molecule has 10 nitrogen and oxygen atoms in total. The predicted molar refractivity (Wildman–Crippen MR) is 131 cm³/mol. The fourth-order valence-corrected chi connectivity index (χ4v) is 3.49. The van der Waals surface area contributed by atoms with Gasteiger partial charge in [-0.2, -0.15) is 5.10 Å². The number of carbonyl (C=O) groups excluding carboxylic acids is 1. The number of amides is 1. The fraction of sp³-hybridized carbons (Fsp3) is 0.0800. The minimum atomic E-state index is -0.512. The van der Waals surface area contributed by atoms with Crippen LogP contribution in [0, 0.1) is 10.1 Å². The zero-order valence-electron chi connectivity index (χ0n) is 18.9. The molecule has 0 aliphatic carbocycles. The third-order valence-electron chi connectivity index (χ3n) is 5.31. The first-order chi connectivity index (χ1) is 16.9. The van der Waals surface area contributed by atoms with Gasteiger partial charge in [0.05, 0.1) is 34.7 Å².